The standard InChI is InChI=1S/C53H48ClF6NO7/c1-47-20-17-35(62)27-49(47)23-24-51(39(28-49)45(63)42-16-15-41(67-42)38-26-34(52(55,56)57)10-14-40(38)54)43(47)18-21-48(2)44(51)19-22-50(48,65)30-61(29-31-7-11-36(12-8-31)68-53(58,59)60)46(64)66-37-13-9-32-5-3-4-6-33(32)25-37/h3-16,23-26,28,35,43-44,62,65H,17-22,27,29-30H2,1-2H3/t35?,43-,44-,47-,48+,49+,50-,51-/m1/s1. The first-order chi connectivity index (χ1) is 32.1. The Morgan fingerprint density at radius 3 is 2.24 bits per heavy atom. The summed E-state index contributed by atoms with van der Waals surface area (Å²) in [6.45, 7) is 3.85. The van der Waals surface area contributed by atoms with Crippen LogP contribution in [0.3, 0.4) is 0 Å². The Balaban J connectivity index is 1.01. The third-order valence-corrected chi connectivity index (χ3v) is 16.8. The predicted molar refractivity (Wildman–Crippen MR) is 241 cm³/mol. The number of ketones is 1. The first kappa shape index (κ1) is 46.2. The zero-order valence-corrected chi connectivity index (χ0v) is 37.9. The molecule has 4 aromatic carbocycles. The highest BCUT2D eigenvalue weighted by atomic mass is 35.5. The first-order valence-corrected chi connectivity index (χ1v) is 23.1. The van der Waals surface area contributed by atoms with Crippen LogP contribution in [0.5, 0.6) is 11.5 Å². The lowest BCUT2D eigenvalue weighted by Gasteiger charge is -2.71. The summed E-state index contributed by atoms with van der Waals surface area (Å²) in [5.41, 5.74) is -4.67. The van der Waals surface area contributed by atoms with E-state index in [1.165, 1.54) is 29.2 Å². The number of rotatable bonds is 9. The summed E-state index contributed by atoms with van der Waals surface area (Å²) in [6, 6.07) is 23.6. The summed E-state index contributed by atoms with van der Waals surface area (Å²) in [5, 5.41) is 26.2. The number of ether oxygens (including phenoxy) is 2. The summed E-state index contributed by atoms with van der Waals surface area (Å²) >= 11 is 6.40. The van der Waals surface area contributed by atoms with Gasteiger partial charge in [-0.3, -0.25) is 4.79 Å². The van der Waals surface area contributed by atoms with E-state index in [9.17, 15) is 41.4 Å². The lowest BCUT2D eigenvalue weighted by molar-refractivity contribution is -0.274. The molecule has 2 bridgehead atoms. The molecule has 68 heavy (non-hydrogen) atoms. The summed E-state index contributed by atoms with van der Waals surface area (Å²) < 4.78 is 96.7. The van der Waals surface area contributed by atoms with Gasteiger partial charge >= 0.3 is 18.6 Å². The molecule has 3 saturated carbocycles. The third-order valence-electron chi connectivity index (χ3n) is 16.5. The van der Waals surface area contributed by atoms with Gasteiger partial charge in [0.15, 0.2) is 5.76 Å². The smallest absolute Gasteiger partial charge is 0.453 e. The van der Waals surface area contributed by atoms with Crippen molar-refractivity contribution in [1.29, 1.82) is 0 Å². The maximum Gasteiger partial charge on any atom is 0.573 e. The minimum atomic E-state index is -4.91. The van der Waals surface area contributed by atoms with E-state index in [2.05, 4.69) is 23.8 Å². The number of carbonyl (C=O) groups is 2. The molecule has 11 rings (SSSR count). The maximum atomic E-state index is 15.3. The third kappa shape index (κ3) is 7.44. The molecular formula is C53H48ClF6NO7. The molecule has 1 amide bonds. The van der Waals surface area contributed by atoms with Crippen LogP contribution < -0.4 is 9.47 Å². The van der Waals surface area contributed by atoms with Crippen molar-refractivity contribution in [2.24, 2.45) is 33.5 Å². The van der Waals surface area contributed by atoms with Crippen molar-refractivity contribution in [2.75, 3.05) is 6.54 Å². The molecule has 1 heterocycles. The van der Waals surface area contributed by atoms with Gasteiger partial charge in [-0.2, -0.15) is 13.2 Å². The number of alkyl halides is 6. The van der Waals surface area contributed by atoms with E-state index in [4.69, 9.17) is 20.8 Å². The molecule has 15 heteroatoms. The van der Waals surface area contributed by atoms with Crippen molar-refractivity contribution in [1.82, 2.24) is 4.90 Å². The highest BCUT2D eigenvalue weighted by Gasteiger charge is 2.74. The van der Waals surface area contributed by atoms with E-state index < -0.39 is 69.1 Å². The van der Waals surface area contributed by atoms with E-state index in [0.29, 0.717) is 49.7 Å². The molecule has 3 fully saturated rings. The number of hydrogen-bond acceptors (Lipinski definition) is 7. The number of hydrogen-bond donors (Lipinski definition) is 2. The minimum absolute atomic E-state index is 0.00527. The number of fused-ring (bicyclic) bond motifs is 2. The number of Topliss-reactive ketones (excluding diaryl/α,β-unsaturated/α-hetero) is 1. The average Bonchev–Trinajstić information content (AvgIpc) is 3.88. The minimum Gasteiger partial charge on any atom is -0.453 e. The highest BCUT2D eigenvalue weighted by Crippen LogP contribution is 2.78. The Morgan fingerprint density at radius 2 is 1.50 bits per heavy atom. The largest absolute Gasteiger partial charge is 0.573 e. The van der Waals surface area contributed by atoms with E-state index in [1.54, 1.807) is 12.1 Å². The van der Waals surface area contributed by atoms with Crippen LogP contribution in [0.1, 0.15) is 80.5 Å². The number of benzene rings is 4. The summed E-state index contributed by atoms with van der Waals surface area (Å²) in [7, 11) is 0. The number of halogens is 7. The van der Waals surface area contributed by atoms with Crippen molar-refractivity contribution in [3.05, 3.63) is 143 Å². The van der Waals surface area contributed by atoms with E-state index in [1.807, 2.05) is 43.3 Å². The van der Waals surface area contributed by atoms with Crippen LogP contribution in [-0.2, 0) is 12.7 Å². The Morgan fingerprint density at radius 1 is 0.809 bits per heavy atom. The van der Waals surface area contributed by atoms with Gasteiger partial charge in [-0.1, -0.05) is 86.1 Å². The van der Waals surface area contributed by atoms with Gasteiger partial charge in [-0.25, -0.2) is 4.79 Å². The zero-order valence-electron chi connectivity index (χ0n) is 37.1. The lowest BCUT2D eigenvalue weighted by atomic mass is 9.32. The fourth-order valence-corrected chi connectivity index (χ4v) is 13.4. The highest BCUT2D eigenvalue weighted by molar-refractivity contribution is 6.33. The van der Waals surface area contributed by atoms with Crippen LogP contribution in [0.15, 0.2) is 125 Å². The zero-order chi connectivity index (χ0) is 48.2. The molecule has 6 aliphatic rings. The second-order valence-corrected chi connectivity index (χ2v) is 20.3. The molecule has 356 valence electrons. The van der Waals surface area contributed by atoms with Gasteiger partial charge in [0.05, 0.1) is 28.8 Å². The normalized spacial score (nSPS) is 30.6. The quantitative estimate of drug-likeness (QED) is 0.0860. The number of carbonyl (C=O) groups excluding carboxylic acids is 2. The van der Waals surface area contributed by atoms with Gasteiger partial charge < -0.3 is 29.0 Å². The van der Waals surface area contributed by atoms with Crippen LogP contribution in [0.4, 0.5) is 31.1 Å². The topological polar surface area (TPSA) is 109 Å². The molecule has 6 aliphatic carbocycles. The van der Waals surface area contributed by atoms with Crippen molar-refractivity contribution in [3.8, 4) is 22.8 Å². The van der Waals surface area contributed by atoms with Crippen molar-refractivity contribution >= 4 is 34.2 Å². The number of nitrogens with zero attached hydrogens (tertiary/aromatic N) is 1. The Kier molecular flexibility index (Phi) is 10.9. The van der Waals surface area contributed by atoms with E-state index in [-0.39, 0.29) is 59.2 Å². The lowest BCUT2D eigenvalue weighted by Crippen LogP contribution is -2.67. The molecule has 0 aliphatic heterocycles. The molecule has 2 spiro atoms. The number of allylic oxidation sites excluding steroid dienone is 4. The number of furan rings is 1. The van der Waals surface area contributed by atoms with Crippen LogP contribution >= 0.6 is 11.6 Å². The molecule has 0 saturated heterocycles. The Labute approximate surface area is 393 Å². The van der Waals surface area contributed by atoms with E-state index in [0.717, 1.165) is 41.1 Å². The molecule has 2 N–H and O–H groups in total. The fourth-order valence-electron chi connectivity index (χ4n) is 13.1. The first-order valence-electron chi connectivity index (χ1n) is 22.7. The Bertz CT molecular complexity index is 2890. The average molecular weight is 960 g/mol. The number of amides is 1. The second-order valence-electron chi connectivity index (χ2n) is 19.9. The number of aliphatic hydroxyl groups excluding tert-OH is 1. The molecule has 8 atom stereocenters. The molecule has 8 nitrogen and oxygen atoms in total. The Hall–Kier alpha value is -5.57. The molecule has 1 unspecified atom stereocenters. The van der Waals surface area contributed by atoms with Crippen LogP contribution in [-0.4, -0.2) is 51.6 Å². The molecule has 1 aromatic heterocycles. The second kappa shape index (κ2) is 16.0. The SMILES string of the molecule is C[C@]12CC[C@H]3[C@]4(C=C[C@@]5(C=C4C(=O)c4ccc(-c6cc(C(F)(F)F)ccc6Cl)o4)CC(O)CC[C@]35C)[C@@H]1CC[C@@]2(O)CN(Cc1ccc(OC(F)(F)F)cc1)C(=O)Oc1ccc2ccccc2c1. The number of aliphatic hydroxyl groups is 2. The van der Waals surface area contributed by atoms with Gasteiger partial charge in [0.1, 0.15) is 17.3 Å². The van der Waals surface area contributed by atoms with Crippen molar-refractivity contribution in [3.63, 3.8) is 0 Å². The monoisotopic (exact) mass is 959 g/mol. The summed E-state index contributed by atoms with van der Waals surface area (Å²) in [6.07, 6.45) is -1.39. The van der Waals surface area contributed by atoms with Gasteiger partial charge in [-0.15, -0.1) is 13.2 Å². The van der Waals surface area contributed by atoms with Crippen molar-refractivity contribution < 1.29 is 60.0 Å². The fraction of sp³-hybridized carbons (Fsp3) is 0.396. The van der Waals surface area contributed by atoms with Gasteiger partial charge in [0, 0.05) is 33.9 Å². The van der Waals surface area contributed by atoms with E-state index >= 15 is 4.79 Å². The van der Waals surface area contributed by atoms with Gasteiger partial charge in [0.2, 0.25) is 5.78 Å². The molecule has 0 radical (unpaired) electrons. The summed E-state index contributed by atoms with van der Waals surface area (Å²) in [4.78, 5) is 31.1. The van der Waals surface area contributed by atoms with Crippen LogP contribution in [0, 0.1) is 33.5 Å². The van der Waals surface area contributed by atoms with Crippen molar-refractivity contribution in [2.45, 2.75) is 89.6 Å². The maximum absolute atomic E-state index is 15.3. The summed E-state index contributed by atoms with van der Waals surface area (Å²) in [5.74, 6) is -1.27. The van der Waals surface area contributed by atoms with Crippen LogP contribution in [0.2, 0.25) is 5.02 Å². The predicted octanol–water partition coefficient (Wildman–Crippen LogP) is 13.1. The van der Waals surface area contributed by atoms with Gasteiger partial charge in [-0.05, 0) is 133 Å². The van der Waals surface area contributed by atoms with Gasteiger partial charge in [0.25, 0.3) is 0 Å². The van der Waals surface area contributed by atoms with Crippen LogP contribution in [0.25, 0.3) is 22.1 Å². The molecule has 5 aromatic rings. The molecular weight excluding hydrogens is 912 g/mol.